The summed E-state index contributed by atoms with van der Waals surface area (Å²) in [5, 5.41) is 4.15. The minimum Gasteiger partial charge on any atom is -0.355 e. The molecule has 4 aromatic rings. The molecule has 0 saturated heterocycles. The van der Waals surface area contributed by atoms with Crippen molar-refractivity contribution in [1.29, 1.82) is 0 Å². The first-order valence-electron chi connectivity index (χ1n) is 11.7. The van der Waals surface area contributed by atoms with Crippen LogP contribution in [0.2, 0.25) is 0 Å². The van der Waals surface area contributed by atoms with Gasteiger partial charge in [-0.2, -0.15) is 0 Å². The lowest BCUT2D eigenvalue weighted by atomic mass is 9.88. The van der Waals surface area contributed by atoms with Gasteiger partial charge in [0.1, 0.15) is 5.82 Å². The van der Waals surface area contributed by atoms with E-state index in [1.807, 2.05) is 31.1 Å². The van der Waals surface area contributed by atoms with E-state index in [2.05, 4.69) is 59.4 Å². The zero-order valence-corrected chi connectivity index (χ0v) is 20.1. The van der Waals surface area contributed by atoms with Crippen molar-refractivity contribution >= 4 is 16.8 Å². The van der Waals surface area contributed by atoms with Crippen LogP contribution in [0.3, 0.4) is 0 Å². The number of hydrogen-bond donors (Lipinski definition) is 1. The van der Waals surface area contributed by atoms with E-state index in [1.165, 1.54) is 23.3 Å². The van der Waals surface area contributed by atoms with Crippen molar-refractivity contribution in [1.82, 2.24) is 14.8 Å². The molecular formula is C29H32FN3O. The van der Waals surface area contributed by atoms with Crippen LogP contribution in [0, 0.1) is 12.7 Å². The van der Waals surface area contributed by atoms with Gasteiger partial charge in [0.05, 0.1) is 0 Å². The van der Waals surface area contributed by atoms with Gasteiger partial charge in [-0.3, -0.25) is 4.79 Å². The number of hydrogen-bond acceptors (Lipinski definition) is 2. The SMILES string of the molecule is Cc1ccc(Cn2cc([C@H](CC(=O)NCCN(C)C)c3ccc(F)cc3)c3ccccc32)cc1. The number of aromatic nitrogens is 1. The topological polar surface area (TPSA) is 37.3 Å². The molecular weight excluding hydrogens is 425 g/mol. The van der Waals surface area contributed by atoms with Crippen LogP contribution in [0.25, 0.3) is 10.9 Å². The Kier molecular flexibility index (Phi) is 7.43. The number of nitrogens with zero attached hydrogens (tertiary/aromatic N) is 2. The number of carbonyl (C=O) groups excluding carboxylic acids is 1. The molecule has 1 aromatic heterocycles. The Labute approximate surface area is 201 Å². The second-order valence-corrected chi connectivity index (χ2v) is 9.18. The molecule has 1 heterocycles. The van der Waals surface area contributed by atoms with Gasteiger partial charge in [0, 0.05) is 49.1 Å². The van der Waals surface area contributed by atoms with Crippen molar-refractivity contribution in [2.75, 3.05) is 27.2 Å². The maximum absolute atomic E-state index is 13.7. The van der Waals surface area contributed by atoms with Crippen LogP contribution in [-0.2, 0) is 11.3 Å². The first kappa shape index (κ1) is 23.7. The van der Waals surface area contributed by atoms with Crippen LogP contribution in [0.5, 0.6) is 0 Å². The summed E-state index contributed by atoms with van der Waals surface area (Å²) >= 11 is 0. The molecule has 0 fully saturated rings. The van der Waals surface area contributed by atoms with Gasteiger partial charge in [-0.15, -0.1) is 0 Å². The maximum atomic E-state index is 13.7. The Hall–Kier alpha value is -3.44. The van der Waals surface area contributed by atoms with Gasteiger partial charge in [0.25, 0.3) is 0 Å². The third-order valence-corrected chi connectivity index (χ3v) is 6.21. The predicted octanol–water partition coefficient (Wildman–Crippen LogP) is 5.34. The highest BCUT2D eigenvalue weighted by atomic mass is 19.1. The molecule has 176 valence electrons. The zero-order chi connectivity index (χ0) is 24.1. The molecule has 0 aliphatic rings. The van der Waals surface area contributed by atoms with E-state index in [0.717, 1.165) is 35.1 Å². The molecule has 1 atom stereocenters. The lowest BCUT2D eigenvalue weighted by Crippen LogP contribution is -2.32. The van der Waals surface area contributed by atoms with E-state index < -0.39 is 0 Å². The third kappa shape index (κ3) is 5.72. The summed E-state index contributed by atoms with van der Waals surface area (Å²) in [6.07, 6.45) is 2.46. The lowest BCUT2D eigenvalue weighted by Gasteiger charge is -2.18. The Morgan fingerprint density at radius 3 is 2.41 bits per heavy atom. The lowest BCUT2D eigenvalue weighted by molar-refractivity contribution is -0.121. The van der Waals surface area contributed by atoms with Crippen LogP contribution >= 0.6 is 0 Å². The number of carbonyl (C=O) groups is 1. The summed E-state index contributed by atoms with van der Waals surface area (Å²) in [5.74, 6) is -0.463. The first-order chi connectivity index (χ1) is 16.4. The molecule has 0 spiro atoms. The molecule has 4 rings (SSSR count). The Morgan fingerprint density at radius 2 is 1.71 bits per heavy atom. The van der Waals surface area contributed by atoms with Gasteiger partial charge in [-0.25, -0.2) is 4.39 Å². The fourth-order valence-electron chi connectivity index (χ4n) is 4.35. The Bertz CT molecular complexity index is 1240. The largest absolute Gasteiger partial charge is 0.355 e. The molecule has 0 aliphatic heterocycles. The molecule has 0 bridgehead atoms. The molecule has 4 nitrogen and oxygen atoms in total. The molecule has 0 saturated carbocycles. The molecule has 3 aromatic carbocycles. The second kappa shape index (κ2) is 10.7. The van der Waals surface area contributed by atoms with Gasteiger partial charge in [-0.05, 0) is 55.9 Å². The zero-order valence-electron chi connectivity index (χ0n) is 20.1. The van der Waals surface area contributed by atoms with Crippen LogP contribution in [0.1, 0.15) is 34.6 Å². The number of amides is 1. The summed E-state index contributed by atoms with van der Waals surface area (Å²) < 4.78 is 15.9. The normalized spacial score (nSPS) is 12.3. The smallest absolute Gasteiger partial charge is 0.220 e. The van der Waals surface area contributed by atoms with E-state index in [1.54, 1.807) is 12.1 Å². The Morgan fingerprint density at radius 1 is 1.00 bits per heavy atom. The highest BCUT2D eigenvalue weighted by Gasteiger charge is 2.23. The average molecular weight is 458 g/mol. The molecule has 5 heteroatoms. The van der Waals surface area contributed by atoms with Crippen molar-refractivity contribution in [3.63, 3.8) is 0 Å². The maximum Gasteiger partial charge on any atom is 0.220 e. The molecule has 34 heavy (non-hydrogen) atoms. The third-order valence-electron chi connectivity index (χ3n) is 6.21. The molecule has 1 amide bonds. The minimum atomic E-state index is -0.278. The number of para-hydroxylation sites is 1. The van der Waals surface area contributed by atoms with Crippen molar-refractivity contribution in [3.05, 3.63) is 107 Å². The standard InChI is InChI=1S/C29H32FN3O/c1-21-8-10-22(11-9-21)19-33-20-27(25-6-4-5-7-28(25)33)26(23-12-14-24(30)15-13-23)18-29(34)31-16-17-32(2)3/h4-15,20,26H,16-19H2,1-3H3,(H,31,34)/t26-/m1/s1. The number of halogens is 1. The fourth-order valence-corrected chi connectivity index (χ4v) is 4.35. The number of fused-ring (bicyclic) bond motifs is 1. The van der Waals surface area contributed by atoms with Gasteiger partial charge in [0.2, 0.25) is 5.91 Å². The van der Waals surface area contributed by atoms with Gasteiger partial charge < -0.3 is 14.8 Å². The van der Waals surface area contributed by atoms with Crippen molar-refractivity contribution in [3.8, 4) is 0 Å². The number of likely N-dealkylation sites (N-methyl/N-ethyl adjacent to an activating group) is 1. The van der Waals surface area contributed by atoms with E-state index in [4.69, 9.17) is 0 Å². The molecule has 1 N–H and O–H groups in total. The van der Waals surface area contributed by atoms with Crippen LogP contribution in [0.4, 0.5) is 4.39 Å². The summed E-state index contributed by atoms with van der Waals surface area (Å²) in [6.45, 7) is 4.20. The monoisotopic (exact) mass is 457 g/mol. The summed E-state index contributed by atoms with van der Waals surface area (Å²) in [6, 6.07) is 23.4. The summed E-state index contributed by atoms with van der Waals surface area (Å²) in [4.78, 5) is 14.9. The molecule has 0 unspecified atom stereocenters. The second-order valence-electron chi connectivity index (χ2n) is 9.18. The van der Waals surface area contributed by atoms with Crippen molar-refractivity contribution in [2.24, 2.45) is 0 Å². The van der Waals surface area contributed by atoms with Crippen LogP contribution < -0.4 is 5.32 Å². The average Bonchev–Trinajstić information content (AvgIpc) is 3.17. The summed E-state index contributed by atoms with van der Waals surface area (Å²) in [5.41, 5.74) is 5.59. The van der Waals surface area contributed by atoms with Gasteiger partial charge >= 0.3 is 0 Å². The molecule has 0 radical (unpaired) electrons. The fraction of sp³-hybridized carbons (Fsp3) is 0.276. The quantitative estimate of drug-likeness (QED) is 0.369. The highest BCUT2D eigenvalue weighted by Crippen LogP contribution is 2.35. The first-order valence-corrected chi connectivity index (χ1v) is 11.7. The van der Waals surface area contributed by atoms with E-state index >= 15 is 0 Å². The van der Waals surface area contributed by atoms with E-state index in [9.17, 15) is 9.18 Å². The Balaban J connectivity index is 1.70. The van der Waals surface area contributed by atoms with Crippen LogP contribution in [-0.4, -0.2) is 42.6 Å². The van der Waals surface area contributed by atoms with E-state index in [0.29, 0.717) is 13.0 Å². The summed E-state index contributed by atoms with van der Waals surface area (Å²) in [7, 11) is 3.97. The number of rotatable bonds is 9. The van der Waals surface area contributed by atoms with E-state index in [-0.39, 0.29) is 17.6 Å². The number of aryl methyl sites for hydroxylation is 1. The van der Waals surface area contributed by atoms with Crippen molar-refractivity contribution < 1.29 is 9.18 Å². The van der Waals surface area contributed by atoms with Crippen molar-refractivity contribution in [2.45, 2.75) is 25.8 Å². The van der Waals surface area contributed by atoms with Crippen LogP contribution in [0.15, 0.2) is 79.0 Å². The van der Waals surface area contributed by atoms with Gasteiger partial charge in [-0.1, -0.05) is 60.2 Å². The minimum absolute atomic E-state index is 0.00783. The number of benzene rings is 3. The number of nitrogens with one attached hydrogen (secondary N) is 1. The highest BCUT2D eigenvalue weighted by molar-refractivity contribution is 5.86. The van der Waals surface area contributed by atoms with Gasteiger partial charge in [0.15, 0.2) is 0 Å². The predicted molar refractivity (Wildman–Crippen MR) is 137 cm³/mol. The molecule has 0 aliphatic carbocycles.